The molecular weight excluding hydrogens is 320 g/mol. The second-order valence-electron chi connectivity index (χ2n) is 4.75. The summed E-state index contributed by atoms with van der Waals surface area (Å²) in [5, 5.41) is 5.87. The van der Waals surface area contributed by atoms with Gasteiger partial charge in [0.25, 0.3) is 11.8 Å². The Morgan fingerprint density at radius 3 is 2.70 bits per heavy atom. The second-order valence-corrected chi connectivity index (χ2v) is 5.83. The van der Waals surface area contributed by atoms with Crippen LogP contribution in [0.5, 0.6) is 0 Å². The van der Waals surface area contributed by atoms with E-state index in [1.165, 1.54) is 13.4 Å². The monoisotopic (exact) mass is 336 g/mol. The number of ether oxygens (including phenoxy) is 1. The van der Waals surface area contributed by atoms with Gasteiger partial charge in [-0.05, 0) is 31.2 Å². The van der Waals surface area contributed by atoms with Gasteiger partial charge >= 0.3 is 5.97 Å². The third-order valence-corrected chi connectivity index (χ3v) is 3.89. The zero-order chi connectivity index (χ0) is 16.8. The van der Waals surface area contributed by atoms with Crippen molar-refractivity contribution in [2.45, 2.75) is 19.4 Å². The molecule has 0 aliphatic rings. The van der Waals surface area contributed by atoms with E-state index in [1.807, 2.05) is 0 Å². The molecule has 7 nitrogen and oxygen atoms in total. The van der Waals surface area contributed by atoms with E-state index < -0.39 is 5.97 Å². The zero-order valence-electron chi connectivity index (χ0n) is 12.6. The van der Waals surface area contributed by atoms with Crippen LogP contribution in [0.25, 0.3) is 0 Å². The maximum absolute atomic E-state index is 12.1. The lowest BCUT2D eigenvalue weighted by Crippen LogP contribution is -2.34. The number of hydrogen-bond donors (Lipinski definition) is 2. The molecule has 0 radical (unpaired) electrons. The van der Waals surface area contributed by atoms with Crippen molar-refractivity contribution in [3.63, 3.8) is 0 Å². The third-order valence-electron chi connectivity index (χ3n) is 2.89. The lowest BCUT2D eigenvalue weighted by Gasteiger charge is -2.11. The van der Waals surface area contributed by atoms with Gasteiger partial charge in [-0.2, -0.15) is 0 Å². The fourth-order valence-electron chi connectivity index (χ4n) is 1.79. The van der Waals surface area contributed by atoms with Gasteiger partial charge in [-0.25, -0.2) is 0 Å². The highest BCUT2D eigenvalue weighted by Gasteiger charge is 2.16. The Morgan fingerprint density at radius 1 is 1.26 bits per heavy atom. The number of amides is 2. The van der Waals surface area contributed by atoms with Crippen LogP contribution in [-0.2, 0) is 9.53 Å². The fraction of sp³-hybridized carbons (Fsp3) is 0.267. The summed E-state index contributed by atoms with van der Waals surface area (Å²) in [4.78, 5) is 35.5. The summed E-state index contributed by atoms with van der Waals surface area (Å²) in [5.41, 5.74) is 0. The van der Waals surface area contributed by atoms with Crippen LogP contribution in [-0.4, -0.2) is 30.9 Å². The van der Waals surface area contributed by atoms with Crippen molar-refractivity contribution in [1.82, 2.24) is 5.32 Å². The quantitative estimate of drug-likeness (QED) is 0.789. The van der Waals surface area contributed by atoms with E-state index in [9.17, 15) is 14.4 Å². The SMILES string of the molecule is COC(=O)CC(C)NC(=O)c1ccc(NC(=O)c2ccco2)s1. The van der Waals surface area contributed by atoms with Gasteiger partial charge in [0, 0.05) is 6.04 Å². The average Bonchev–Trinajstić information content (AvgIpc) is 3.18. The average molecular weight is 336 g/mol. The highest BCUT2D eigenvalue weighted by Crippen LogP contribution is 2.22. The van der Waals surface area contributed by atoms with E-state index in [-0.39, 0.29) is 30.0 Å². The first kappa shape index (κ1) is 16.8. The summed E-state index contributed by atoms with van der Waals surface area (Å²) in [6, 6.07) is 6.04. The molecule has 1 unspecified atom stereocenters. The molecule has 0 aliphatic heterocycles. The molecule has 23 heavy (non-hydrogen) atoms. The van der Waals surface area contributed by atoms with E-state index >= 15 is 0 Å². The van der Waals surface area contributed by atoms with Crippen molar-refractivity contribution >= 4 is 34.1 Å². The summed E-state index contributed by atoms with van der Waals surface area (Å²) >= 11 is 1.13. The van der Waals surface area contributed by atoms with Crippen molar-refractivity contribution in [1.29, 1.82) is 0 Å². The van der Waals surface area contributed by atoms with Crippen LogP contribution in [0.1, 0.15) is 33.6 Å². The number of nitrogens with one attached hydrogen (secondary N) is 2. The molecule has 0 fully saturated rings. The van der Waals surface area contributed by atoms with Crippen LogP contribution >= 0.6 is 11.3 Å². The van der Waals surface area contributed by atoms with Gasteiger partial charge < -0.3 is 19.8 Å². The van der Waals surface area contributed by atoms with Crippen LogP contribution in [0.15, 0.2) is 34.9 Å². The summed E-state index contributed by atoms with van der Waals surface area (Å²) in [6.45, 7) is 1.71. The Morgan fingerprint density at radius 2 is 2.04 bits per heavy atom. The number of carbonyl (C=O) groups is 3. The molecule has 0 saturated carbocycles. The molecule has 0 aromatic carbocycles. The van der Waals surface area contributed by atoms with E-state index in [2.05, 4.69) is 15.4 Å². The van der Waals surface area contributed by atoms with E-state index in [0.29, 0.717) is 9.88 Å². The smallest absolute Gasteiger partial charge is 0.307 e. The zero-order valence-corrected chi connectivity index (χ0v) is 13.4. The van der Waals surface area contributed by atoms with E-state index in [0.717, 1.165) is 11.3 Å². The Bertz CT molecular complexity index is 693. The van der Waals surface area contributed by atoms with Crippen LogP contribution in [0.3, 0.4) is 0 Å². The molecule has 8 heteroatoms. The minimum Gasteiger partial charge on any atom is -0.469 e. The topological polar surface area (TPSA) is 97.6 Å². The number of thiophene rings is 1. The molecule has 122 valence electrons. The number of anilines is 1. The Balaban J connectivity index is 1.92. The van der Waals surface area contributed by atoms with Crippen LogP contribution in [0, 0.1) is 0 Å². The highest BCUT2D eigenvalue weighted by atomic mass is 32.1. The molecule has 2 N–H and O–H groups in total. The minimum atomic E-state index is -0.393. The molecule has 0 spiro atoms. The Hall–Kier alpha value is -2.61. The molecule has 2 aromatic rings. The van der Waals surface area contributed by atoms with Gasteiger partial charge in [0.2, 0.25) is 0 Å². The van der Waals surface area contributed by atoms with Crippen molar-refractivity contribution in [2.75, 3.05) is 12.4 Å². The normalized spacial score (nSPS) is 11.6. The van der Waals surface area contributed by atoms with Gasteiger partial charge in [0.1, 0.15) is 0 Å². The summed E-state index contributed by atoms with van der Waals surface area (Å²) in [6.07, 6.45) is 1.50. The second kappa shape index (κ2) is 7.59. The molecule has 2 aromatic heterocycles. The molecular formula is C15H16N2O5S. The van der Waals surface area contributed by atoms with E-state index in [4.69, 9.17) is 4.42 Å². The van der Waals surface area contributed by atoms with Gasteiger partial charge in [0.15, 0.2) is 5.76 Å². The molecule has 0 aliphatic carbocycles. The van der Waals surface area contributed by atoms with Gasteiger partial charge in [-0.15, -0.1) is 11.3 Å². The molecule has 2 amide bonds. The number of rotatable bonds is 6. The summed E-state index contributed by atoms with van der Waals surface area (Å²) < 4.78 is 9.54. The number of hydrogen-bond acceptors (Lipinski definition) is 6. The highest BCUT2D eigenvalue weighted by molar-refractivity contribution is 7.18. The lowest BCUT2D eigenvalue weighted by molar-refractivity contribution is -0.141. The predicted octanol–water partition coefficient (Wildman–Crippen LogP) is 2.27. The van der Waals surface area contributed by atoms with Crippen molar-refractivity contribution in [2.24, 2.45) is 0 Å². The maximum atomic E-state index is 12.1. The Kier molecular flexibility index (Phi) is 5.53. The molecule has 2 heterocycles. The first-order valence-electron chi connectivity index (χ1n) is 6.82. The predicted molar refractivity (Wildman–Crippen MR) is 84.5 cm³/mol. The van der Waals surface area contributed by atoms with Crippen LogP contribution in [0.2, 0.25) is 0 Å². The van der Waals surface area contributed by atoms with Gasteiger partial charge in [-0.1, -0.05) is 0 Å². The molecule has 1 atom stereocenters. The number of furan rings is 1. The molecule has 0 saturated heterocycles. The molecule has 2 rings (SSSR count). The van der Waals surface area contributed by atoms with E-state index in [1.54, 1.807) is 31.2 Å². The van der Waals surface area contributed by atoms with Crippen LogP contribution < -0.4 is 10.6 Å². The first-order chi connectivity index (χ1) is 11.0. The third kappa shape index (κ3) is 4.68. The van der Waals surface area contributed by atoms with Gasteiger partial charge in [0.05, 0.1) is 29.7 Å². The first-order valence-corrected chi connectivity index (χ1v) is 7.63. The van der Waals surface area contributed by atoms with Crippen molar-refractivity contribution in [3.05, 3.63) is 41.2 Å². The summed E-state index contributed by atoms with van der Waals surface area (Å²) in [7, 11) is 1.30. The largest absolute Gasteiger partial charge is 0.469 e. The van der Waals surface area contributed by atoms with Gasteiger partial charge in [-0.3, -0.25) is 14.4 Å². The number of carbonyl (C=O) groups excluding carboxylic acids is 3. The maximum Gasteiger partial charge on any atom is 0.307 e. The van der Waals surface area contributed by atoms with Crippen molar-refractivity contribution in [3.8, 4) is 0 Å². The fourth-order valence-corrected chi connectivity index (χ4v) is 2.59. The number of methoxy groups -OCH3 is 1. The standard InChI is InChI=1S/C15H16N2O5S/c1-9(8-13(18)21-2)16-15(20)11-5-6-12(23-11)17-14(19)10-4-3-7-22-10/h3-7,9H,8H2,1-2H3,(H,16,20)(H,17,19). The lowest BCUT2D eigenvalue weighted by atomic mass is 10.2. The van der Waals surface area contributed by atoms with Crippen molar-refractivity contribution < 1.29 is 23.5 Å². The molecule has 0 bridgehead atoms. The van der Waals surface area contributed by atoms with Crippen LogP contribution in [0.4, 0.5) is 5.00 Å². The summed E-state index contributed by atoms with van der Waals surface area (Å²) in [5.74, 6) is -0.903. The number of esters is 1. The Labute approximate surface area is 136 Å². The minimum absolute atomic E-state index is 0.0930.